The number of nitrogens with one attached hydrogen (secondary N) is 2. The van der Waals surface area contributed by atoms with E-state index in [-0.39, 0.29) is 30.8 Å². The number of carbonyl (C=O) groups excluding carboxylic acids is 2. The largest absolute Gasteiger partial charge is 0.379 e. The summed E-state index contributed by atoms with van der Waals surface area (Å²) < 4.78 is 5.24. The standard InChI is InChI=1S/C12H24N4O3/c1-10(8-13)12(18)15-9-11(17)14-2-3-16-4-6-19-7-5-16/h10H,2-9,13H2,1H3,(H,14,17)(H,15,18). The summed E-state index contributed by atoms with van der Waals surface area (Å²) >= 11 is 0. The third-order valence-electron chi connectivity index (χ3n) is 3.08. The SMILES string of the molecule is CC(CN)C(=O)NCC(=O)NCCN1CCOCC1. The van der Waals surface area contributed by atoms with Crippen molar-refractivity contribution in [3.63, 3.8) is 0 Å². The zero-order valence-corrected chi connectivity index (χ0v) is 11.5. The van der Waals surface area contributed by atoms with Crippen LogP contribution in [0.25, 0.3) is 0 Å². The van der Waals surface area contributed by atoms with Crippen LogP contribution in [0.1, 0.15) is 6.92 Å². The van der Waals surface area contributed by atoms with E-state index in [1.165, 1.54) is 0 Å². The Kier molecular flexibility index (Phi) is 7.39. The summed E-state index contributed by atoms with van der Waals surface area (Å²) in [4.78, 5) is 25.1. The Hall–Kier alpha value is -1.18. The van der Waals surface area contributed by atoms with E-state index in [9.17, 15) is 9.59 Å². The number of hydrogen-bond donors (Lipinski definition) is 3. The van der Waals surface area contributed by atoms with Crippen LogP contribution in [0.15, 0.2) is 0 Å². The van der Waals surface area contributed by atoms with Gasteiger partial charge in [-0.25, -0.2) is 0 Å². The molecule has 1 aliphatic heterocycles. The normalized spacial score (nSPS) is 17.8. The molecule has 2 amide bonds. The molecule has 0 radical (unpaired) electrons. The molecule has 7 heteroatoms. The van der Waals surface area contributed by atoms with E-state index in [1.54, 1.807) is 6.92 Å². The van der Waals surface area contributed by atoms with Gasteiger partial charge >= 0.3 is 0 Å². The predicted octanol–water partition coefficient (Wildman–Crippen LogP) is -1.85. The van der Waals surface area contributed by atoms with E-state index in [0.717, 1.165) is 32.8 Å². The first kappa shape index (κ1) is 15.9. The maximum Gasteiger partial charge on any atom is 0.239 e. The predicted molar refractivity (Wildman–Crippen MR) is 71.5 cm³/mol. The van der Waals surface area contributed by atoms with Crippen LogP contribution in [0, 0.1) is 5.92 Å². The fourth-order valence-electron chi connectivity index (χ4n) is 1.69. The lowest BCUT2D eigenvalue weighted by Gasteiger charge is -2.26. The lowest BCUT2D eigenvalue weighted by atomic mass is 10.2. The molecule has 19 heavy (non-hydrogen) atoms. The number of hydrogen-bond acceptors (Lipinski definition) is 5. The molecule has 0 saturated carbocycles. The molecule has 1 fully saturated rings. The third-order valence-corrected chi connectivity index (χ3v) is 3.08. The minimum Gasteiger partial charge on any atom is -0.379 e. The molecule has 0 aromatic rings. The molecule has 1 saturated heterocycles. The summed E-state index contributed by atoms with van der Waals surface area (Å²) in [6, 6.07) is 0. The van der Waals surface area contributed by atoms with Gasteiger partial charge in [-0.1, -0.05) is 6.92 Å². The maximum absolute atomic E-state index is 11.5. The first-order valence-corrected chi connectivity index (χ1v) is 6.68. The van der Waals surface area contributed by atoms with Crippen LogP contribution in [0.4, 0.5) is 0 Å². The molecule has 0 aliphatic carbocycles. The summed E-state index contributed by atoms with van der Waals surface area (Å²) in [5.41, 5.74) is 5.37. The molecule has 1 atom stereocenters. The number of ether oxygens (including phenoxy) is 1. The van der Waals surface area contributed by atoms with Gasteiger partial charge in [0.1, 0.15) is 0 Å². The molecule has 7 nitrogen and oxygen atoms in total. The van der Waals surface area contributed by atoms with Crippen LogP contribution in [0.5, 0.6) is 0 Å². The average molecular weight is 272 g/mol. The van der Waals surface area contributed by atoms with Gasteiger partial charge in [-0.15, -0.1) is 0 Å². The van der Waals surface area contributed by atoms with E-state index in [2.05, 4.69) is 15.5 Å². The van der Waals surface area contributed by atoms with E-state index in [4.69, 9.17) is 10.5 Å². The third kappa shape index (κ3) is 6.51. The lowest BCUT2D eigenvalue weighted by molar-refractivity contribution is -0.128. The van der Waals surface area contributed by atoms with Crippen LogP contribution >= 0.6 is 0 Å². The second-order valence-electron chi connectivity index (χ2n) is 4.66. The molecule has 4 N–H and O–H groups in total. The Labute approximate surface area is 113 Å². The number of morpholine rings is 1. The number of nitrogens with two attached hydrogens (primary N) is 1. The van der Waals surface area contributed by atoms with Crippen LogP contribution in [0.3, 0.4) is 0 Å². The van der Waals surface area contributed by atoms with Crippen molar-refractivity contribution in [2.45, 2.75) is 6.92 Å². The number of carbonyl (C=O) groups is 2. The Morgan fingerprint density at radius 1 is 1.32 bits per heavy atom. The highest BCUT2D eigenvalue weighted by atomic mass is 16.5. The topological polar surface area (TPSA) is 96.7 Å². The highest BCUT2D eigenvalue weighted by Gasteiger charge is 2.12. The van der Waals surface area contributed by atoms with Gasteiger partial charge in [0.2, 0.25) is 11.8 Å². The monoisotopic (exact) mass is 272 g/mol. The molecule has 0 spiro atoms. The molecular weight excluding hydrogens is 248 g/mol. The Morgan fingerprint density at radius 2 is 2.00 bits per heavy atom. The van der Waals surface area contributed by atoms with Crippen LogP contribution < -0.4 is 16.4 Å². The molecule has 1 heterocycles. The van der Waals surface area contributed by atoms with Gasteiger partial charge in [0.05, 0.1) is 19.8 Å². The Morgan fingerprint density at radius 3 is 2.63 bits per heavy atom. The van der Waals surface area contributed by atoms with Gasteiger partial charge in [0.15, 0.2) is 0 Å². The van der Waals surface area contributed by atoms with Crippen molar-refractivity contribution in [3.8, 4) is 0 Å². The van der Waals surface area contributed by atoms with E-state index >= 15 is 0 Å². The quantitative estimate of drug-likeness (QED) is 0.505. The van der Waals surface area contributed by atoms with Crippen molar-refractivity contribution >= 4 is 11.8 Å². The molecule has 1 rings (SSSR count). The van der Waals surface area contributed by atoms with Crippen LogP contribution in [-0.2, 0) is 14.3 Å². The first-order valence-electron chi connectivity index (χ1n) is 6.68. The van der Waals surface area contributed by atoms with Crippen LogP contribution in [0.2, 0.25) is 0 Å². The fourth-order valence-corrected chi connectivity index (χ4v) is 1.69. The van der Waals surface area contributed by atoms with Crippen molar-refractivity contribution < 1.29 is 14.3 Å². The Bertz CT molecular complexity index is 293. The number of amides is 2. The van der Waals surface area contributed by atoms with Crippen molar-refractivity contribution in [2.75, 3.05) is 52.5 Å². The minimum absolute atomic E-state index is 0.00623. The molecule has 0 aromatic heterocycles. The van der Waals surface area contributed by atoms with E-state index in [1.807, 2.05) is 0 Å². The van der Waals surface area contributed by atoms with Gasteiger partial charge in [-0.3, -0.25) is 14.5 Å². The number of rotatable bonds is 7. The molecular formula is C12H24N4O3. The first-order chi connectivity index (χ1) is 9.13. The second kappa shape index (κ2) is 8.84. The molecule has 0 bridgehead atoms. The zero-order chi connectivity index (χ0) is 14.1. The van der Waals surface area contributed by atoms with E-state index in [0.29, 0.717) is 6.54 Å². The smallest absolute Gasteiger partial charge is 0.239 e. The summed E-state index contributed by atoms with van der Waals surface area (Å²) in [6.45, 7) is 6.72. The second-order valence-corrected chi connectivity index (χ2v) is 4.66. The van der Waals surface area contributed by atoms with Crippen LogP contribution in [-0.4, -0.2) is 69.2 Å². The van der Waals surface area contributed by atoms with Gasteiger partial charge in [-0.2, -0.15) is 0 Å². The zero-order valence-electron chi connectivity index (χ0n) is 11.5. The summed E-state index contributed by atoms with van der Waals surface area (Å²) in [5, 5.41) is 5.33. The fraction of sp³-hybridized carbons (Fsp3) is 0.833. The summed E-state index contributed by atoms with van der Waals surface area (Å²) in [5.74, 6) is -0.627. The van der Waals surface area contributed by atoms with Crippen molar-refractivity contribution in [3.05, 3.63) is 0 Å². The number of nitrogens with zero attached hydrogens (tertiary/aromatic N) is 1. The lowest BCUT2D eigenvalue weighted by Crippen LogP contribution is -2.44. The molecule has 1 aliphatic rings. The van der Waals surface area contributed by atoms with Crippen molar-refractivity contribution in [2.24, 2.45) is 11.7 Å². The molecule has 0 aromatic carbocycles. The van der Waals surface area contributed by atoms with Crippen molar-refractivity contribution in [1.82, 2.24) is 15.5 Å². The Balaban J connectivity index is 2.05. The summed E-state index contributed by atoms with van der Waals surface area (Å²) in [6.07, 6.45) is 0. The minimum atomic E-state index is -0.263. The van der Waals surface area contributed by atoms with E-state index < -0.39 is 0 Å². The van der Waals surface area contributed by atoms with Crippen molar-refractivity contribution in [1.29, 1.82) is 0 Å². The highest BCUT2D eigenvalue weighted by Crippen LogP contribution is 1.94. The van der Waals surface area contributed by atoms with Gasteiger partial charge in [-0.05, 0) is 0 Å². The van der Waals surface area contributed by atoms with Gasteiger partial charge in [0.25, 0.3) is 0 Å². The average Bonchev–Trinajstić information content (AvgIpc) is 2.45. The van der Waals surface area contributed by atoms with Gasteiger partial charge < -0.3 is 21.1 Å². The van der Waals surface area contributed by atoms with Gasteiger partial charge in [0, 0.05) is 38.6 Å². The molecule has 110 valence electrons. The summed E-state index contributed by atoms with van der Waals surface area (Å²) in [7, 11) is 0. The highest BCUT2D eigenvalue weighted by molar-refractivity contribution is 5.85. The maximum atomic E-state index is 11.5. The molecule has 1 unspecified atom stereocenters.